The predicted molar refractivity (Wildman–Crippen MR) is 43.9 cm³/mol. The van der Waals surface area contributed by atoms with Crippen molar-refractivity contribution in [2.45, 2.75) is 9.67 Å². The van der Waals surface area contributed by atoms with Crippen molar-refractivity contribution in [2.75, 3.05) is 14.2 Å². The first-order chi connectivity index (χ1) is 4.06. The highest BCUT2D eigenvalue weighted by molar-refractivity contribution is 6.56. The molecule has 0 radical (unpaired) electrons. The summed E-state index contributed by atoms with van der Waals surface area (Å²) in [7, 11) is 3.25. The molecule has 0 rings (SSSR count). The van der Waals surface area contributed by atoms with E-state index in [1.54, 1.807) is 14.2 Å². The second-order valence-corrected chi connectivity index (χ2v) is 3.40. The Kier molecular flexibility index (Phi) is 12.9. The van der Waals surface area contributed by atoms with E-state index in [-0.39, 0.29) is 0 Å². The Morgan fingerprint density at radius 3 is 1.00 bits per heavy atom. The van der Waals surface area contributed by atoms with Gasteiger partial charge in [-0.3, -0.25) is 0 Å². The van der Waals surface area contributed by atoms with Gasteiger partial charge in [-0.05, 0) is 0 Å². The molecule has 0 fully saturated rings. The number of rotatable bonds is 1. The lowest BCUT2D eigenvalue weighted by Gasteiger charge is -1.95. The van der Waals surface area contributed by atoms with Crippen LogP contribution in [0.15, 0.2) is 0 Å². The molecule has 5 heteroatoms. The maximum Gasteiger partial charge on any atom is 0.137 e. The van der Waals surface area contributed by atoms with Crippen molar-refractivity contribution in [3.63, 3.8) is 0 Å². The molecular formula is C4H8Cl4O. The van der Waals surface area contributed by atoms with Gasteiger partial charge in [-0.15, -0.1) is 46.4 Å². The van der Waals surface area contributed by atoms with Crippen LogP contribution in [0.2, 0.25) is 0 Å². The monoisotopic (exact) mass is 212 g/mol. The molecule has 0 amide bonds. The van der Waals surface area contributed by atoms with Gasteiger partial charge in [0.1, 0.15) is 9.67 Å². The Hall–Kier alpha value is 1.12. The molecule has 0 heterocycles. The third-order valence-corrected chi connectivity index (χ3v) is 1.71. The molecule has 0 atom stereocenters. The lowest BCUT2D eigenvalue weighted by molar-refractivity contribution is 0.277. The number of halogens is 4. The van der Waals surface area contributed by atoms with Crippen molar-refractivity contribution in [1.29, 1.82) is 0 Å². The van der Waals surface area contributed by atoms with Gasteiger partial charge in [-0.25, -0.2) is 0 Å². The van der Waals surface area contributed by atoms with Gasteiger partial charge in [0.15, 0.2) is 0 Å². The number of alkyl halides is 4. The number of methoxy groups -OCH3 is 1. The minimum atomic E-state index is -0.673. The summed E-state index contributed by atoms with van der Waals surface area (Å²) in [5, 5.41) is 0. The van der Waals surface area contributed by atoms with Gasteiger partial charge in [0.2, 0.25) is 0 Å². The average Bonchev–Trinajstić information content (AvgIpc) is 1.68. The standard InChI is InChI=1S/C2H2Cl4.C2H6O/c3-1(4)2(5)6;1-3-2/h1-2H;1-2H3. The highest BCUT2D eigenvalue weighted by atomic mass is 35.5. The van der Waals surface area contributed by atoms with Crippen molar-refractivity contribution < 1.29 is 4.74 Å². The quantitative estimate of drug-likeness (QED) is 0.609. The van der Waals surface area contributed by atoms with Crippen molar-refractivity contribution in [2.24, 2.45) is 0 Å². The minimum absolute atomic E-state index is 0.673. The van der Waals surface area contributed by atoms with E-state index in [2.05, 4.69) is 4.74 Å². The van der Waals surface area contributed by atoms with Crippen LogP contribution in [0.25, 0.3) is 0 Å². The third kappa shape index (κ3) is 17.6. The van der Waals surface area contributed by atoms with Crippen LogP contribution in [0.1, 0.15) is 0 Å². The van der Waals surface area contributed by atoms with Gasteiger partial charge in [0.05, 0.1) is 0 Å². The fourth-order valence-corrected chi connectivity index (χ4v) is 0. The molecule has 0 aliphatic rings. The van der Waals surface area contributed by atoms with Crippen LogP contribution in [0.5, 0.6) is 0 Å². The highest BCUT2D eigenvalue weighted by Crippen LogP contribution is 2.16. The first-order valence-corrected chi connectivity index (χ1v) is 3.77. The molecule has 0 aromatic heterocycles. The Labute approximate surface area is 75.2 Å². The molecule has 0 spiro atoms. The van der Waals surface area contributed by atoms with Crippen molar-refractivity contribution >= 4 is 46.4 Å². The van der Waals surface area contributed by atoms with E-state index in [9.17, 15) is 0 Å². The summed E-state index contributed by atoms with van der Waals surface area (Å²) in [6.45, 7) is 0. The zero-order valence-corrected chi connectivity index (χ0v) is 8.10. The first-order valence-electron chi connectivity index (χ1n) is 2.02. The van der Waals surface area contributed by atoms with E-state index in [0.29, 0.717) is 0 Å². The second kappa shape index (κ2) is 9.12. The SMILES string of the molecule is COC.ClC(Cl)C(Cl)Cl. The summed E-state index contributed by atoms with van der Waals surface area (Å²) in [5.74, 6) is 0. The maximum absolute atomic E-state index is 5.11. The van der Waals surface area contributed by atoms with Crippen LogP contribution in [-0.2, 0) is 4.74 Å². The fourth-order valence-electron chi connectivity index (χ4n) is 0. The molecule has 0 unspecified atom stereocenters. The summed E-state index contributed by atoms with van der Waals surface area (Å²) in [6, 6.07) is 0. The van der Waals surface area contributed by atoms with Crippen LogP contribution in [-0.4, -0.2) is 23.9 Å². The molecule has 0 bridgehead atoms. The average molecular weight is 214 g/mol. The largest absolute Gasteiger partial charge is 0.388 e. The number of hydrogen-bond donors (Lipinski definition) is 0. The highest BCUT2D eigenvalue weighted by Gasteiger charge is 2.06. The van der Waals surface area contributed by atoms with Crippen LogP contribution >= 0.6 is 46.4 Å². The summed E-state index contributed by atoms with van der Waals surface area (Å²) < 4.78 is 4.25. The zero-order valence-electron chi connectivity index (χ0n) is 5.07. The lowest BCUT2D eigenvalue weighted by Crippen LogP contribution is -1.96. The van der Waals surface area contributed by atoms with E-state index < -0.39 is 9.67 Å². The maximum atomic E-state index is 5.11. The van der Waals surface area contributed by atoms with Gasteiger partial charge >= 0.3 is 0 Å². The smallest absolute Gasteiger partial charge is 0.137 e. The molecule has 0 saturated carbocycles. The Balaban J connectivity index is 0. The molecule has 9 heavy (non-hydrogen) atoms. The van der Waals surface area contributed by atoms with Crippen LogP contribution < -0.4 is 0 Å². The topological polar surface area (TPSA) is 9.23 Å². The summed E-state index contributed by atoms with van der Waals surface area (Å²) in [5.41, 5.74) is 0. The van der Waals surface area contributed by atoms with Crippen molar-refractivity contribution in [3.05, 3.63) is 0 Å². The first kappa shape index (κ1) is 12.8. The van der Waals surface area contributed by atoms with Crippen LogP contribution in [0.3, 0.4) is 0 Å². The van der Waals surface area contributed by atoms with Gasteiger partial charge in [-0.2, -0.15) is 0 Å². The van der Waals surface area contributed by atoms with E-state index in [4.69, 9.17) is 46.4 Å². The molecule has 58 valence electrons. The van der Waals surface area contributed by atoms with Crippen molar-refractivity contribution in [1.82, 2.24) is 0 Å². The minimum Gasteiger partial charge on any atom is -0.388 e. The molecule has 1 nitrogen and oxygen atoms in total. The molecule has 0 aromatic rings. The van der Waals surface area contributed by atoms with Gasteiger partial charge in [-0.1, -0.05) is 0 Å². The molecule has 0 saturated heterocycles. The van der Waals surface area contributed by atoms with Crippen LogP contribution in [0.4, 0.5) is 0 Å². The summed E-state index contributed by atoms with van der Waals surface area (Å²) in [4.78, 5) is -1.35. The van der Waals surface area contributed by atoms with E-state index >= 15 is 0 Å². The third-order valence-electron chi connectivity index (χ3n) is 0.190. The van der Waals surface area contributed by atoms with E-state index in [1.807, 2.05) is 0 Å². The Morgan fingerprint density at radius 1 is 0.889 bits per heavy atom. The van der Waals surface area contributed by atoms with E-state index in [1.165, 1.54) is 0 Å². The zero-order chi connectivity index (χ0) is 7.86. The molecule has 0 aliphatic heterocycles. The Morgan fingerprint density at radius 2 is 1.00 bits per heavy atom. The molecule has 0 N–H and O–H groups in total. The lowest BCUT2D eigenvalue weighted by atomic mass is 10.9. The summed E-state index contributed by atoms with van der Waals surface area (Å²) >= 11 is 20.5. The van der Waals surface area contributed by atoms with Crippen molar-refractivity contribution in [3.8, 4) is 0 Å². The second-order valence-electron chi connectivity index (χ2n) is 1.08. The molecular weight excluding hydrogens is 206 g/mol. The van der Waals surface area contributed by atoms with Gasteiger partial charge < -0.3 is 4.74 Å². The van der Waals surface area contributed by atoms with Gasteiger partial charge in [0.25, 0.3) is 0 Å². The fraction of sp³-hybridized carbons (Fsp3) is 1.00. The predicted octanol–water partition coefficient (Wildman–Crippen LogP) is 2.86. The molecule has 0 aliphatic carbocycles. The van der Waals surface area contributed by atoms with Crippen LogP contribution in [0, 0.1) is 0 Å². The Bertz CT molecular complexity index is 41.8. The molecule has 0 aromatic carbocycles. The summed E-state index contributed by atoms with van der Waals surface area (Å²) in [6.07, 6.45) is 0. The van der Waals surface area contributed by atoms with Gasteiger partial charge in [0, 0.05) is 14.2 Å². The number of ether oxygens (including phenoxy) is 1. The normalized spacial score (nSPS) is 9.33. The van der Waals surface area contributed by atoms with E-state index in [0.717, 1.165) is 0 Å². The number of hydrogen-bond acceptors (Lipinski definition) is 1.